The highest BCUT2D eigenvalue weighted by Gasteiger charge is 2.44. The van der Waals surface area contributed by atoms with Crippen LogP contribution in [0.3, 0.4) is 0 Å². The van der Waals surface area contributed by atoms with Crippen molar-refractivity contribution in [2.75, 3.05) is 32.9 Å². The molecule has 2 amide bonds. The number of unbranched alkanes of at least 4 members (excludes halogenated alkanes) is 6. The molecule has 1 aromatic rings. The number of alkyl carbamates (subject to hydrolysis) is 1. The number of ether oxygens (including phenoxy) is 4. The van der Waals surface area contributed by atoms with E-state index in [2.05, 4.69) is 18.5 Å². The molecule has 41 heavy (non-hydrogen) atoms. The molecule has 2 heterocycles. The lowest BCUT2D eigenvalue weighted by Crippen LogP contribution is -2.51. The Labute approximate surface area is 244 Å². The zero-order chi connectivity index (χ0) is 29.3. The lowest BCUT2D eigenvalue weighted by atomic mass is 10.0. The fourth-order valence-corrected chi connectivity index (χ4v) is 5.25. The Balaban J connectivity index is 1.59. The van der Waals surface area contributed by atoms with Crippen LogP contribution < -0.4 is 5.32 Å². The number of rotatable bonds is 19. The van der Waals surface area contributed by atoms with Crippen molar-refractivity contribution < 1.29 is 33.6 Å². The number of aliphatic hydroxyl groups excluding tert-OH is 1. The van der Waals surface area contributed by atoms with Crippen LogP contribution in [0.2, 0.25) is 0 Å². The molecule has 228 valence electrons. The number of aliphatic hydroxyl groups is 1. The normalized spacial score (nSPS) is 21.0. The van der Waals surface area contributed by atoms with Gasteiger partial charge in [0.25, 0.3) is 0 Å². The zero-order valence-corrected chi connectivity index (χ0v) is 24.3. The van der Waals surface area contributed by atoms with Crippen molar-refractivity contribution in [3.63, 3.8) is 0 Å². The summed E-state index contributed by atoms with van der Waals surface area (Å²) in [6.45, 7) is 9.02. The third kappa shape index (κ3) is 11.5. The molecule has 0 saturated carbocycles. The van der Waals surface area contributed by atoms with Gasteiger partial charge in [-0.3, -0.25) is 0 Å². The first-order chi connectivity index (χ1) is 20.0. The minimum Gasteiger partial charge on any atom is -0.449 e. The lowest BCUT2D eigenvalue weighted by Gasteiger charge is -2.30. The van der Waals surface area contributed by atoms with E-state index in [9.17, 15) is 14.7 Å². The first-order valence-corrected chi connectivity index (χ1v) is 15.1. The van der Waals surface area contributed by atoms with E-state index in [0.717, 1.165) is 50.5 Å². The monoisotopic (exact) mass is 572 g/mol. The number of benzene rings is 1. The second-order valence-corrected chi connectivity index (χ2v) is 10.8. The van der Waals surface area contributed by atoms with Crippen molar-refractivity contribution in [2.45, 2.75) is 88.7 Å². The fourth-order valence-electron chi connectivity index (χ4n) is 5.25. The SMILES string of the molecule is C=CCCCCCCCCN(C[C@@H](O)[C@H](Cc1ccccc1)NC(=O)O[C@H]1CO[C@H]2OCC[C@H]21)C(=O)OCCC=C. The van der Waals surface area contributed by atoms with E-state index in [4.69, 9.17) is 18.9 Å². The topological polar surface area (TPSA) is 107 Å². The van der Waals surface area contributed by atoms with Gasteiger partial charge in [0.05, 0.1) is 44.4 Å². The summed E-state index contributed by atoms with van der Waals surface area (Å²) >= 11 is 0. The third-order valence-corrected chi connectivity index (χ3v) is 7.61. The molecular formula is C32H48N2O7. The van der Waals surface area contributed by atoms with Crippen molar-refractivity contribution in [1.29, 1.82) is 0 Å². The predicted molar refractivity (Wildman–Crippen MR) is 157 cm³/mol. The molecule has 0 aliphatic carbocycles. The van der Waals surface area contributed by atoms with Gasteiger partial charge in [-0.1, -0.05) is 68.2 Å². The molecule has 1 aromatic carbocycles. The highest BCUT2D eigenvalue weighted by Crippen LogP contribution is 2.33. The Bertz CT molecular complexity index is 928. The van der Waals surface area contributed by atoms with Crippen molar-refractivity contribution >= 4 is 12.2 Å². The molecule has 0 bridgehead atoms. The summed E-state index contributed by atoms with van der Waals surface area (Å²) in [5, 5.41) is 14.2. The quantitative estimate of drug-likeness (QED) is 0.169. The number of fused-ring (bicyclic) bond motifs is 1. The number of nitrogens with zero attached hydrogens (tertiary/aromatic N) is 1. The third-order valence-electron chi connectivity index (χ3n) is 7.61. The highest BCUT2D eigenvalue weighted by molar-refractivity contribution is 5.68. The molecule has 2 saturated heterocycles. The average molecular weight is 573 g/mol. The number of hydrogen-bond donors (Lipinski definition) is 2. The van der Waals surface area contributed by atoms with Gasteiger partial charge in [0.15, 0.2) is 6.29 Å². The van der Waals surface area contributed by atoms with Gasteiger partial charge < -0.3 is 34.3 Å². The van der Waals surface area contributed by atoms with E-state index < -0.39 is 30.4 Å². The molecule has 2 aliphatic rings. The van der Waals surface area contributed by atoms with Crippen molar-refractivity contribution in [2.24, 2.45) is 5.92 Å². The number of hydrogen-bond acceptors (Lipinski definition) is 7. The van der Waals surface area contributed by atoms with Crippen LogP contribution in [0.4, 0.5) is 9.59 Å². The molecule has 0 aromatic heterocycles. The summed E-state index contributed by atoms with van der Waals surface area (Å²) in [6, 6.07) is 8.93. The largest absolute Gasteiger partial charge is 0.449 e. The zero-order valence-electron chi connectivity index (χ0n) is 24.3. The number of amides is 2. The van der Waals surface area contributed by atoms with Gasteiger partial charge in [-0.2, -0.15) is 0 Å². The van der Waals surface area contributed by atoms with Crippen LogP contribution in [0.1, 0.15) is 63.4 Å². The molecule has 2 aliphatic heterocycles. The number of allylic oxidation sites excluding steroid dienone is 1. The Morgan fingerprint density at radius 2 is 1.78 bits per heavy atom. The van der Waals surface area contributed by atoms with Crippen LogP contribution in [-0.4, -0.2) is 79.6 Å². The minimum atomic E-state index is -1.05. The van der Waals surface area contributed by atoms with Gasteiger partial charge in [0.1, 0.15) is 6.10 Å². The van der Waals surface area contributed by atoms with E-state index in [0.29, 0.717) is 26.0 Å². The van der Waals surface area contributed by atoms with E-state index in [1.165, 1.54) is 6.42 Å². The van der Waals surface area contributed by atoms with E-state index in [1.807, 2.05) is 36.4 Å². The van der Waals surface area contributed by atoms with Gasteiger partial charge in [-0.15, -0.1) is 13.2 Å². The van der Waals surface area contributed by atoms with Crippen LogP contribution in [0, 0.1) is 5.92 Å². The van der Waals surface area contributed by atoms with Gasteiger partial charge in [-0.05, 0) is 44.1 Å². The van der Waals surface area contributed by atoms with Crippen LogP contribution in [0.5, 0.6) is 0 Å². The van der Waals surface area contributed by atoms with Crippen molar-refractivity contribution in [3.8, 4) is 0 Å². The highest BCUT2D eigenvalue weighted by atomic mass is 16.7. The molecule has 3 rings (SSSR count). The summed E-state index contributed by atoms with van der Waals surface area (Å²) in [6.07, 6.45) is 9.84. The van der Waals surface area contributed by atoms with E-state index in [1.54, 1.807) is 11.0 Å². The summed E-state index contributed by atoms with van der Waals surface area (Å²) in [5.41, 5.74) is 0.946. The van der Waals surface area contributed by atoms with Crippen molar-refractivity contribution in [3.05, 3.63) is 61.2 Å². The van der Waals surface area contributed by atoms with Crippen LogP contribution in [-0.2, 0) is 25.4 Å². The predicted octanol–water partition coefficient (Wildman–Crippen LogP) is 5.38. The van der Waals surface area contributed by atoms with Gasteiger partial charge in [0.2, 0.25) is 0 Å². The molecule has 0 spiro atoms. The summed E-state index contributed by atoms with van der Waals surface area (Å²) in [7, 11) is 0. The van der Waals surface area contributed by atoms with Crippen molar-refractivity contribution in [1.82, 2.24) is 10.2 Å². The number of carbonyl (C=O) groups is 2. The second-order valence-electron chi connectivity index (χ2n) is 10.8. The first-order valence-electron chi connectivity index (χ1n) is 15.1. The molecule has 9 heteroatoms. The molecule has 5 atom stereocenters. The molecule has 0 unspecified atom stereocenters. The molecule has 0 radical (unpaired) electrons. The molecule has 9 nitrogen and oxygen atoms in total. The fraction of sp³-hybridized carbons (Fsp3) is 0.625. The first kappa shape index (κ1) is 32.6. The van der Waals surface area contributed by atoms with Crippen LogP contribution in [0.25, 0.3) is 0 Å². The van der Waals surface area contributed by atoms with Crippen LogP contribution >= 0.6 is 0 Å². The summed E-state index contributed by atoms with van der Waals surface area (Å²) in [4.78, 5) is 27.4. The number of nitrogens with one attached hydrogen (secondary N) is 1. The van der Waals surface area contributed by atoms with Gasteiger partial charge in [0, 0.05) is 6.54 Å². The standard InChI is InChI=1S/C32H48N2O7/c1-3-5-7-8-9-10-11-15-19-34(32(37)39-20-6-4-2)23-28(35)27(22-25-16-13-12-14-17-25)33-31(36)41-29-24-40-30-26(29)18-21-38-30/h3-4,12-14,16-17,26-30,35H,1-2,5-11,15,18-24H2,(H,33,36)/t26-,27-,28+,29-,30+/m0/s1. The maximum atomic E-state index is 13.0. The Morgan fingerprint density at radius 1 is 1.05 bits per heavy atom. The maximum Gasteiger partial charge on any atom is 0.409 e. The Morgan fingerprint density at radius 3 is 2.54 bits per heavy atom. The Hall–Kier alpha value is -2.88. The number of carbonyl (C=O) groups excluding carboxylic acids is 2. The summed E-state index contributed by atoms with van der Waals surface area (Å²) < 4.78 is 22.3. The Kier molecular flexibility index (Phi) is 14.7. The second kappa shape index (κ2) is 18.5. The molecular weight excluding hydrogens is 524 g/mol. The molecule has 2 N–H and O–H groups in total. The average Bonchev–Trinajstić information content (AvgIpc) is 3.59. The summed E-state index contributed by atoms with van der Waals surface area (Å²) in [5.74, 6) is 0.0149. The maximum absolute atomic E-state index is 13.0. The van der Waals surface area contributed by atoms with E-state index >= 15 is 0 Å². The van der Waals surface area contributed by atoms with Crippen LogP contribution in [0.15, 0.2) is 55.6 Å². The van der Waals surface area contributed by atoms with Gasteiger partial charge in [-0.25, -0.2) is 9.59 Å². The lowest BCUT2D eigenvalue weighted by molar-refractivity contribution is -0.0907. The van der Waals surface area contributed by atoms with E-state index in [-0.39, 0.29) is 32.0 Å². The molecule has 2 fully saturated rings. The van der Waals surface area contributed by atoms with Gasteiger partial charge >= 0.3 is 12.2 Å². The smallest absolute Gasteiger partial charge is 0.409 e. The minimum absolute atomic E-state index is 0.0149.